The Kier molecular flexibility index (Phi) is 5.19. The minimum absolute atomic E-state index is 0.0665. The van der Waals surface area contributed by atoms with E-state index >= 15 is 0 Å². The van der Waals surface area contributed by atoms with Gasteiger partial charge in [0.2, 0.25) is 10.0 Å². The predicted molar refractivity (Wildman–Crippen MR) is 72.5 cm³/mol. The molecule has 0 spiro atoms. The zero-order chi connectivity index (χ0) is 15.3. The average Bonchev–Trinajstić information content (AvgIpc) is 2.39. The molecular weight excluding hydrogens is 282 g/mol. The van der Waals surface area contributed by atoms with Crippen LogP contribution in [0.15, 0.2) is 23.1 Å². The Hall–Kier alpha value is -1.98. The summed E-state index contributed by atoms with van der Waals surface area (Å²) in [6.07, 6.45) is 0.0705. The van der Waals surface area contributed by atoms with Crippen LogP contribution < -0.4 is 0 Å². The number of hydrogen-bond acceptors (Lipinski definition) is 5. The average molecular weight is 297 g/mol. The molecule has 108 valence electrons. The van der Waals surface area contributed by atoms with Gasteiger partial charge < -0.3 is 0 Å². The normalized spacial score (nSPS) is 11.3. The number of rotatable bonds is 6. The third-order valence-corrected chi connectivity index (χ3v) is 4.81. The number of benzene rings is 1. The van der Waals surface area contributed by atoms with E-state index in [1.807, 2.05) is 6.07 Å². The van der Waals surface area contributed by atoms with Gasteiger partial charge in [-0.3, -0.25) is 10.1 Å². The van der Waals surface area contributed by atoms with E-state index in [1.165, 1.54) is 12.1 Å². The SMILES string of the molecule is CCN(CCC#N)S(=O)(=O)c1ccc(C)c([N+](=O)[O-])c1. The lowest BCUT2D eigenvalue weighted by Gasteiger charge is -2.19. The maximum Gasteiger partial charge on any atom is 0.273 e. The largest absolute Gasteiger partial charge is 0.273 e. The van der Waals surface area contributed by atoms with Crippen LogP contribution in [0.25, 0.3) is 0 Å². The first-order chi connectivity index (χ1) is 9.34. The Balaban J connectivity index is 3.25. The van der Waals surface area contributed by atoms with Crippen LogP contribution in [-0.4, -0.2) is 30.7 Å². The molecule has 1 aromatic rings. The van der Waals surface area contributed by atoms with Crippen LogP contribution in [0, 0.1) is 28.4 Å². The number of nitro groups is 1. The summed E-state index contributed by atoms with van der Waals surface area (Å²) < 4.78 is 25.8. The molecule has 0 aliphatic heterocycles. The Bertz CT molecular complexity index is 649. The second kappa shape index (κ2) is 6.45. The number of nitro benzene ring substituents is 1. The van der Waals surface area contributed by atoms with E-state index in [4.69, 9.17) is 5.26 Å². The lowest BCUT2D eigenvalue weighted by Crippen LogP contribution is -2.31. The Morgan fingerprint density at radius 3 is 2.60 bits per heavy atom. The molecule has 0 aromatic heterocycles. The van der Waals surface area contributed by atoms with Gasteiger partial charge in [0.25, 0.3) is 5.69 Å². The van der Waals surface area contributed by atoms with E-state index in [0.717, 1.165) is 10.4 Å². The molecule has 0 radical (unpaired) electrons. The molecule has 0 N–H and O–H groups in total. The maximum absolute atomic E-state index is 12.3. The van der Waals surface area contributed by atoms with Crippen molar-refractivity contribution in [2.75, 3.05) is 13.1 Å². The highest BCUT2D eigenvalue weighted by atomic mass is 32.2. The lowest BCUT2D eigenvalue weighted by molar-refractivity contribution is -0.385. The molecule has 0 saturated heterocycles. The first-order valence-electron chi connectivity index (χ1n) is 5.96. The maximum atomic E-state index is 12.3. The summed E-state index contributed by atoms with van der Waals surface area (Å²) >= 11 is 0. The molecule has 0 bridgehead atoms. The van der Waals surface area contributed by atoms with Crippen molar-refractivity contribution in [3.63, 3.8) is 0 Å². The van der Waals surface area contributed by atoms with Gasteiger partial charge in [0.15, 0.2) is 0 Å². The van der Waals surface area contributed by atoms with Crippen molar-refractivity contribution < 1.29 is 13.3 Å². The number of nitriles is 1. The first kappa shape index (κ1) is 16.1. The zero-order valence-corrected chi connectivity index (χ0v) is 12.1. The van der Waals surface area contributed by atoms with Crippen molar-refractivity contribution >= 4 is 15.7 Å². The second-order valence-electron chi connectivity index (χ2n) is 4.11. The van der Waals surface area contributed by atoms with Gasteiger partial charge in [-0.15, -0.1) is 0 Å². The Morgan fingerprint density at radius 1 is 1.45 bits per heavy atom. The lowest BCUT2D eigenvalue weighted by atomic mass is 10.2. The van der Waals surface area contributed by atoms with Crippen molar-refractivity contribution in [2.24, 2.45) is 0 Å². The molecule has 1 rings (SSSR count). The molecule has 8 heteroatoms. The third kappa shape index (κ3) is 3.31. The smallest absolute Gasteiger partial charge is 0.258 e. The van der Waals surface area contributed by atoms with Crippen molar-refractivity contribution in [1.82, 2.24) is 4.31 Å². The molecule has 1 aromatic carbocycles. The van der Waals surface area contributed by atoms with E-state index in [0.29, 0.717) is 5.56 Å². The molecular formula is C12H15N3O4S. The van der Waals surface area contributed by atoms with E-state index < -0.39 is 14.9 Å². The summed E-state index contributed by atoms with van der Waals surface area (Å²) in [4.78, 5) is 10.1. The molecule has 20 heavy (non-hydrogen) atoms. The summed E-state index contributed by atoms with van der Waals surface area (Å²) in [7, 11) is -3.82. The van der Waals surface area contributed by atoms with Crippen LogP contribution in [0.3, 0.4) is 0 Å². The minimum atomic E-state index is -3.82. The fourth-order valence-corrected chi connectivity index (χ4v) is 3.19. The van der Waals surface area contributed by atoms with Crippen LogP contribution in [0.2, 0.25) is 0 Å². The van der Waals surface area contributed by atoms with Gasteiger partial charge in [0.05, 0.1) is 15.9 Å². The van der Waals surface area contributed by atoms with Gasteiger partial charge in [0.1, 0.15) is 0 Å². The Labute approximate surface area is 117 Å². The molecule has 0 amide bonds. The summed E-state index contributed by atoms with van der Waals surface area (Å²) in [5.74, 6) is 0. The fourth-order valence-electron chi connectivity index (χ4n) is 1.72. The van der Waals surface area contributed by atoms with Gasteiger partial charge in [-0.2, -0.15) is 9.57 Å². The molecule has 0 unspecified atom stereocenters. The topological polar surface area (TPSA) is 104 Å². The van der Waals surface area contributed by atoms with Crippen LogP contribution >= 0.6 is 0 Å². The van der Waals surface area contributed by atoms with E-state index in [1.54, 1.807) is 13.8 Å². The molecule has 0 aliphatic rings. The highest BCUT2D eigenvalue weighted by molar-refractivity contribution is 7.89. The van der Waals surface area contributed by atoms with Crippen molar-refractivity contribution in [2.45, 2.75) is 25.2 Å². The number of hydrogen-bond donors (Lipinski definition) is 0. The summed E-state index contributed by atoms with van der Waals surface area (Å²) in [5.41, 5.74) is 0.163. The van der Waals surface area contributed by atoms with Crippen LogP contribution in [-0.2, 0) is 10.0 Å². The molecule has 7 nitrogen and oxygen atoms in total. The molecule has 0 fully saturated rings. The van der Waals surface area contributed by atoms with Gasteiger partial charge in [-0.1, -0.05) is 13.0 Å². The first-order valence-corrected chi connectivity index (χ1v) is 7.40. The molecule has 0 heterocycles. The standard InChI is InChI=1S/C12H15N3O4S/c1-3-14(8-4-7-13)20(18,19)11-6-5-10(2)12(9-11)15(16)17/h5-6,9H,3-4,8H2,1-2H3. The molecule has 0 saturated carbocycles. The van der Waals surface area contributed by atoms with Crippen molar-refractivity contribution in [3.8, 4) is 6.07 Å². The quantitative estimate of drug-likeness (QED) is 0.588. The van der Waals surface area contributed by atoms with Gasteiger partial charge in [-0.25, -0.2) is 8.42 Å². The molecule has 0 atom stereocenters. The number of nitrogens with zero attached hydrogens (tertiary/aromatic N) is 3. The summed E-state index contributed by atoms with van der Waals surface area (Å²) in [6.45, 7) is 3.46. The minimum Gasteiger partial charge on any atom is -0.258 e. The van der Waals surface area contributed by atoms with E-state index in [-0.39, 0.29) is 30.1 Å². The second-order valence-corrected chi connectivity index (χ2v) is 6.05. The van der Waals surface area contributed by atoms with Crippen molar-refractivity contribution in [1.29, 1.82) is 5.26 Å². The van der Waals surface area contributed by atoms with Gasteiger partial charge in [0, 0.05) is 31.1 Å². The van der Waals surface area contributed by atoms with Crippen LogP contribution in [0.5, 0.6) is 0 Å². The molecule has 0 aliphatic carbocycles. The van der Waals surface area contributed by atoms with Crippen molar-refractivity contribution in [3.05, 3.63) is 33.9 Å². The van der Waals surface area contributed by atoms with E-state index in [9.17, 15) is 18.5 Å². The summed E-state index contributed by atoms with van der Waals surface area (Å²) in [6, 6.07) is 5.68. The van der Waals surface area contributed by atoms with E-state index in [2.05, 4.69) is 0 Å². The Morgan fingerprint density at radius 2 is 2.10 bits per heavy atom. The highest BCUT2D eigenvalue weighted by Gasteiger charge is 2.25. The highest BCUT2D eigenvalue weighted by Crippen LogP contribution is 2.24. The summed E-state index contributed by atoms with van der Waals surface area (Å²) in [5, 5.41) is 19.4. The zero-order valence-electron chi connectivity index (χ0n) is 11.2. The fraction of sp³-hybridized carbons (Fsp3) is 0.417. The number of aryl methyl sites for hydroxylation is 1. The van der Waals surface area contributed by atoms with Crippen LogP contribution in [0.4, 0.5) is 5.69 Å². The van der Waals surface area contributed by atoms with Gasteiger partial charge in [-0.05, 0) is 13.0 Å². The number of sulfonamides is 1. The third-order valence-electron chi connectivity index (χ3n) is 2.84. The predicted octanol–water partition coefficient (Wildman–Crippen LogP) is 1.83. The monoisotopic (exact) mass is 297 g/mol. The van der Waals surface area contributed by atoms with Crippen LogP contribution in [0.1, 0.15) is 18.9 Å². The van der Waals surface area contributed by atoms with Gasteiger partial charge >= 0.3 is 0 Å².